The lowest BCUT2D eigenvalue weighted by Gasteiger charge is -2.11. The van der Waals surface area contributed by atoms with E-state index in [1.165, 1.54) is 0 Å². The number of rotatable bonds is 5. The van der Waals surface area contributed by atoms with Crippen molar-refractivity contribution >= 4 is 10.8 Å². The number of ether oxygens (including phenoxy) is 1. The van der Waals surface area contributed by atoms with Crippen LogP contribution in [-0.4, -0.2) is 26.3 Å². The third-order valence-electron chi connectivity index (χ3n) is 5.46. The summed E-state index contributed by atoms with van der Waals surface area (Å²) >= 11 is 0. The number of aromatic nitrogens is 3. The van der Waals surface area contributed by atoms with Gasteiger partial charge in [0.1, 0.15) is 11.5 Å². The molecule has 0 atom stereocenters. The van der Waals surface area contributed by atoms with Crippen molar-refractivity contribution in [3.63, 3.8) is 0 Å². The Balaban J connectivity index is 1.54. The van der Waals surface area contributed by atoms with Crippen molar-refractivity contribution in [1.29, 1.82) is 0 Å². The highest BCUT2D eigenvalue weighted by molar-refractivity contribution is 5.86. The Labute approximate surface area is 167 Å². The summed E-state index contributed by atoms with van der Waals surface area (Å²) in [6.45, 7) is 0.464. The van der Waals surface area contributed by atoms with Crippen LogP contribution >= 0.6 is 0 Å². The van der Waals surface area contributed by atoms with E-state index in [0.717, 1.165) is 29.8 Å². The summed E-state index contributed by atoms with van der Waals surface area (Å²) in [5, 5.41) is 11.8. The van der Waals surface area contributed by atoms with Gasteiger partial charge in [-0.3, -0.25) is 4.79 Å². The van der Waals surface area contributed by atoms with Crippen LogP contribution in [0.25, 0.3) is 16.5 Å². The van der Waals surface area contributed by atoms with Crippen molar-refractivity contribution in [3.05, 3.63) is 82.8 Å². The van der Waals surface area contributed by atoms with Gasteiger partial charge in [0.15, 0.2) is 0 Å². The molecule has 1 saturated carbocycles. The number of pyridine rings is 1. The van der Waals surface area contributed by atoms with Crippen LogP contribution in [0, 0.1) is 0 Å². The molecule has 0 amide bonds. The Morgan fingerprint density at radius 1 is 1.17 bits per heavy atom. The van der Waals surface area contributed by atoms with E-state index in [-0.39, 0.29) is 11.3 Å². The van der Waals surface area contributed by atoms with Gasteiger partial charge in [0, 0.05) is 23.7 Å². The lowest BCUT2D eigenvalue weighted by molar-refractivity contribution is 0.414. The molecular formula is C23H21N3O3. The van der Waals surface area contributed by atoms with Gasteiger partial charge in [-0.05, 0) is 54.1 Å². The molecule has 0 unspecified atom stereocenters. The van der Waals surface area contributed by atoms with E-state index in [9.17, 15) is 9.90 Å². The Morgan fingerprint density at radius 3 is 2.69 bits per heavy atom. The van der Waals surface area contributed by atoms with E-state index in [0.29, 0.717) is 28.9 Å². The van der Waals surface area contributed by atoms with Crippen molar-refractivity contribution in [3.8, 4) is 17.2 Å². The molecule has 29 heavy (non-hydrogen) atoms. The number of aromatic hydroxyl groups is 1. The molecule has 0 aliphatic heterocycles. The molecule has 2 aromatic heterocycles. The molecule has 1 aliphatic rings. The third kappa shape index (κ3) is 3.27. The van der Waals surface area contributed by atoms with Gasteiger partial charge in [0.05, 0.1) is 31.4 Å². The summed E-state index contributed by atoms with van der Waals surface area (Å²) in [5.41, 5.74) is 2.52. The average molecular weight is 387 g/mol. The number of imidazole rings is 1. The van der Waals surface area contributed by atoms with Crippen molar-refractivity contribution < 1.29 is 9.84 Å². The van der Waals surface area contributed by atoms with Crippen LogP contribution in [0.5, 0.6) is 11.5 Å². The van der Waals surface area contributed by atoms with Gasteiger partial charge >= 0.3 is 0 Å². The fraction of sp³-hybridized carbons (Fsp3) is 0.217. The van der Waals surface area contributed by atoms with Gasteiger partial charge in [-0.2, -0.15) is 0 Å². The number of methoxy groups -OCH3 is 1. The molecule has 0 saturated heterocycles. The van der Waals surface area contributed by atoms with Crippen molar-refractivity contribution in [2.75, 3.05) is 7.11 Å². The predicted octanol–water partition coefficient (Wildman–Crippen LogP) is 3.83. The van der Waals surface area contributed by atoms with Gasteiger partial charge in [0.2, 0.25) is 0 Å². The number of fused-ring (bicyclic) bond motifs is 1. The lowest BCUT2D eigenvalue weighted by atomic mass is 10.1. The topological polar surface area (TPSA) is 69.3 Å². The number of phenols is 1. The Bertz CT molecular complexity index is 1250. The van der Waals surface area contributed by atoms with Crippen LogP contribution in [0.2, 0.25) is 0 Å². The molecule has 0 spiro atoms. The standard InChI is InChI=1S/C23H21N3O3/c1-29-18-6-2-15(3-7-18)12-25-9-8-17-10-22(27)21(11-19(17)23(25)28)26-13-20(24-14-26)16-4-5-16/h2-3,6-11,13-14,16,27H,4-5,12H2,1H3. The Morgan fingerprint density at radius 2 is 1.97 bits per heavy atom. The van der Waals surface area contributed by atoms with Gasteiger partial charge in [-0.1, -0.05) is 12.1 Å². The summed E-state index contributed by atoms with van der Waals surface area (Å²) in [6.07, 6.45) is 7.73. The zero-order chi connectivity index (χ0) is 20.0. The zero-order valence-corrected chi connectivity index (χ0v) is 16.1. The first-order chi connectivity index (χ1) is 14.1. The monoisotopic (exact) mass is 387 g/mol. The molecule has 0 bridgehead atoms. The highest BCUT2D eigenvalue weighted by Crippen LogP contribution is 2.39. The predicted molar refractivity (Wildman–Crippen MR) is 111 cm³/mol. The largest absolute Gasteiger partial charge is 0.506 e. The summed E-state index contributed by atoms with van der Waals surface area (Å²) in [6, 6.07) is 12.9. The highest BCUT2D eigenvalue weighted by Gasteiger charge is 2.26. The summed E-state index contributed by atoms with van der Waals surface area (Å²) < 4.78 is 8.66. The minimum absolute atomic E-state index is 0.0953. The zero-order valence-electron chi connectivity index (χ0n) is 16.1. The maximum atomic E-state index is 13.1. The summed E-state index contributed by atoms with van der Waals surface area (Å²) in [5.74, 6) is 1.44. The van der Waals surface area contributed by atoms with E-state index in [1.54, 1.807) is 40.9 Å². The number of hydrogen-bond donors (Lipinski definition) is 1. The number of phenolic OH excluding ortho intramolecular Hbond substituents is 1. The van der Waals surface area contributed by atoms with E-state index in [4.69, 9.17) is 4.74 Å². The summed E-state index contributed by atoms with van der Waals surface area (Å²) in [7, 11) is 1.63. The van der Waals surface area contributed by atoms with Crippen LogP contribution in [0.4, 0.5) is 0 Å². The first-order valence-electron chi connectivity index (χ1n) is 9.66. The average Bonchev–Trinajstić information content (AvgIpc) is 3.47. The minimum Gasteiger partial charge on any atom is -0.506 e. The maximum absolute atomic E-state index is 13.1. The van der Waals surface area contributed by atoms with Crippen LogP contribution < -0.4 is 10.3 Å². The normalized spacial score (nSPS) is 13.7. The fourth-order valence-electron chi connectivity index (χ4n) is 3.63. The Kier molecular flexibility index (Phi) is 4.12. The molecule has 1 fully saturated rings. The van der Waals surface area contributed by atoms with Crippen LogP contribution in [0.3, 0.4) is 0 Å². The molecule has 6 heteroatoms. The SMILES string of the molecule is COc1ccc(Cn2ccc3cc(O)c(-n4cnc(C5CC5)c4)cc3c2=O)cc1. The first kappa shape index (κ1) is 17.6. The Hall–Kier alpha value is -3.54. The second-order valence-corrected chi connectivity index (χ2v) is 7.51. The third-order valence-corrected chi connectivity index (χ3v) is 5.46. The number of hydrogen-bond acceptors (Lipinski definition) is 4. The first-order valence-corrected chi connectivity index (χ1v) is 9.66. The second kappa shape index (κ2) is 6.81. The molecule has 5 rings (SSSR count). The fourth-order valence-corrected chi connectivity index (χ4v) is 3.63. The van der Waals surface area contributed by atoms with E-state index in [2.05, 4.69) is 4.98 Å². The molecule has 1 aliphatic carbocycles. The maximum Gasteiger partial charge on any atom is 0.258 e. The van der Waals surface area contributed by atoms with Crippen LogP contribution in [-0.2, 0) is 6.54 Å². The minimum atomic E-state index is -0.0953. The quantitative estimate of drug-likeness (QED) is 0.565. The number of nitrogens with zero attached hydrogens (tertiary/aromatic N) is 3. The van der Waals surface area contributed by atoms with E-state index < -0.39 is 0 Å². The molecular weight excluding hydrogens is 366 g/mol. The molecule has 4 aromatic rings. The second-order valence-electron chi connectivity index (χ2n) is 7.51. The smallest absolute Gasteiger partial charge is 0.258 e. The van der Waals surface area contributed by atoms with Crippen molar-refractivity contribution in [2.24, 2.45) is 0 Å². The van der Waals surface area contributed by atoms with Gasteiger partial charge in [0.25, 0.3) is 5.56 Å². The van der Waals surface area contributed by atoms with E-state index >= 15 is 0 Å². The molecule has 146 valence electrons. The van der Waals surface area contributed by atoms with Crippen molar-refractivity contribution in [1.82, 2.24) is 14.1 Å². The van der Waals surface area contributed by atoms with Gasteiger partial charge in [-0.25, -0.2) is 4.98 Å². The number of benzene rings is 2. The molecule has 2 aromatic carbocycles. The van der Waals surface area contributed by atoms with Crippen molar-refractivity contribution in [2.45, 2.75) is 25.3 Å². The lowest BCUT2D eigenvalue weighted by Crippen LogP contribution is -2.20. The summed E-state index contributed by atoms with van der Waals surface area (Å²) in [4.78, 5) is 17.5. The molecule has 0 radical (unpaired) electrons. The molecule has 2 heterocycles. The highest BCUT2D eigenvalue weighted by atomic mass is 16.5. The molecule has 1 N–H and O–H groups in total. The van der Waals surface area contributed by atoms with Crippen LogP contribution in [0.15, 0.2) is 66.0 Å². The van der Waals surface area contributed by atoms with E-state index in [1.807, 2.05) is 36.5 Å². The molecule has 6 nitrogen and oxygen atoms in total. The van der Waals surface area contributed by atoms with Gasteiger partial charge in [-0.15, -0.1) is 0 Å². The van der Waals surface area contributed by atoms with Gasteiger partial charge < -0.3 is 19.0 Å². The van der Waals surface area contributed by atoms with Crippen LogP contribution in [0.1, 0.15) is 30.0 Å².